The van der Waals surface area contributed by atoms with E-state index in [1.807, 2.05) is 24.1 Å². The number of morpholine rings is 1. The second kappa shape index (κ2) is 6.45. The van der Waals surface area contributed by atoms with Crippen molar-refractivity contribution in [3.05, 3.63) is 29.3 Å². The van der Waals surface area contributed by atoms with Crippen molar-refractivity contribution in [1.82, 2.24) is 10.2 Å². The van der Waals surface area contributed by atoms with Gasteiger partial charge in [0.15, 0.2) is 6.61 Å². The molecule has 0 spiro atoms. The Kier molecular flexibility index (Phi) is 4.41. The number of hydrogen-bond acceptors (Lipinski definition) is 4. The zero-order valence-corrected chi connectivity index (χ0v) is 12.4. The van der Waals surface area contributed by atoms with E-state index in [1.54, 1.807) is 0 Å². The first kappa shape index (κ1) is 14.4. The maximum absolute atomic E-state index is 12.1. The van der Waals surface area contributed by atoms with Crippen molar-refractivity contribution < 1.29 is 14.3 Å². The molecule has 21 heavy (non-hydrogen) atoms. The highest BCUT2D eigenvalue weighted by molar-refractivity contribution is 5.78. The highest BCUT2D eigenvalue weighted by atomic mass is 16.5. The minimum atomic E-state index is 0.0408. The first-order valence-corrected chi connectivity index (χ1v) is 7.57. The molecule has 0 aromatic heterocycles. The van der Waals surface area contributed by atoms with Gasteiger partial charge in [-0.25, -0.2) is 0 Å². The summed E-state index contributed by atoms with van der Waals surface area (Å²) >= 11 is 0. The maximum atomic E-state index is 12.1. The van der Waals surface area contributed by atoms with Crippen molar-refractivity contribution in [3.63, 3.8) is 0 Å². The fraction of sp³-hybridized carbons (Fsp3) is 0.562. The fourth-order valence-corrected chi connectivity index (χ4v) is 3.10. The van der Waals surface area contributed by atoms with Crippen molar-refractivity contribution in [3.8, 4) is 5.75 Å². The van der Waals surface area contributed by atoms with E-state index >= 15 is 0 Å². The van der Waals surface area contributed by atoms with Crippen LogP contribution in [0.3, 0.4) is 0 Å². The molecule has 1 aromatic rings. The third kappa shape index (κ3) is 3.04. The Morgan fingerprint density at radius 1 is 1.43 bits per heavy atom. The lowest BCUT2D eigenvalue weighted by Crippen LogP contribution is -2.43. The monoisotopic (exact) mass is 290 g/mol. The van der Waals surface area contributed by atoms with Gasteiger partial charge in [0.05, 0.1) is 13.2 Å². The van der Waals surface area contributed by atoms with E-state index in [1.165, 1.54) is 11.1 Å². The summed E-state index contributed by atoms with van der Waals surface area (Å²) in [6, 6.07) is 6.51. The summed E-state index contributed by atoms with van der Waals surface area (Å²) in [6.45, 7) is 2.68. The zero-order chi connectivity index (χ0) is 14.7. The molecule has 2 aliphatic rings. The average Bonchev–Trinajstić information content (AvgIpc) is 2.97. The van der Waals surface area contributed by atoms with Crippen molar-refractivity contribution in [2.24, 2.45) is 0 Å². The fourth-order valence-electron chi connectivity index (χ4n) is 3.10. The van der Waals surface area contributed by atoms with E-state index in [2.05, 4.69) is 11.4 Å². The normalized spacial score (nSPS) is 21.2. The molecule has 114 valence electrons. The topological polar surface area (TPSA) is 50.8 Å². The number of carbonyl (C=O) groups is 1. The van der Waals surface area contributed by atoms with E-state index in [0.29, 0.717) is 32.3 Å². The Labute approximate surface area is 125 Å². The van der Waals surface area contributed by atoms with Gasteiger partial charge in [-0.15, -0.1) is 0 Å². The van der Waals surface area contributed by atoms with Crippen molar-refractivity contribution in [2.75, 3.05) is 40.0 Å². The summed E-state index contributed by atoms with van der Waals surface area (Å²) in [7, 11) is 1.98. The number of ether oxygens (including phenoxy) is 2. The summed E-state index contributed by atoms with van der Waals surface area (Å²) < 4.78 is 11.1. The van der Waals surface area contributed by atoms with E-state index in [0.717, 1.165) is 18.6 Å². The van der Waals surface area contributed by atoms with Crippen LogP contribution in [-0.2, 0) is 16.0 Å². The van der Waals surface area contributed by atoms with Gasteiger partial charge in [-0.1, -0.05) is 12.1 Å². The number of nitrogens with one attached hydrogen (secondary N) is 1. The van der Waals surface area contributed by atoms with Gasteiger partial charge < -0.3 is 19.7 Å². The lowest BCUT2D eigenvalue weighted by Gasteiger charge is -2.26. The second-order valence-electron chi connectivity index (χ2n) is 5.49. The van der Waals surface area contributed by atoms with Gasteiger partial charge >= 0.3 is 0 Å². The number of benzene rings is 1. The van der Waals surface area contributed by atoms with Gasteiger partial charge in [0.25, 0.3) is 5.91 Å². The number of fused-ring (bicyclic) bond motifs is 1. The Balaban J connectivity index is 1.63. The third-order valence-corrected chi connectivity index (χ3v) is 4.29. The molecule has 5 nitrogen and oxygen atoms in total. The van der Waals surface area contributed by atoms with E-state index in [-0.39, 0.29) is 12.5 Å². The molecule has 1 aliphatic heterocycles. The summed E-state index contributed by atoms with van der Waals surface area (Å²) in [4.78, 5) is 13.9. The standard InChI is InChI=1S/C16H22N2O3/c1-17-14-6-5-13-12(14)3-2-4-15(13)21-11-16(19)18-7-9-20-10-8-18/h2-4,14,17H,5-11H2,1H3. The first-order valence-electron chi connectivity index (χ1n) is 7.57. The molecule has 5 heteroatoms. The Morgan fingerprint density at radius 2 is 2.24 bits per heavy atom. The molecule has 1 aromatic carbocycles. The molecule has 1 amide bonds. The molecule has 1 atom stereocenters. The molecule has 1 saturated heterocycles. The van der Waals surface area contributed by atoms with Crippen molar-refractivity contribution in [1.29, 1.82) is 0 Å². The Hall–Kier alpha value is -1.59. The molecular weight excluding hydrogens is 268 g/mol. The van der Waals surface area contributed by atoms with Gasteiger partial charge in [0.2, 0.25) is 0 Å². The quantitative estimate of drug-likeness (QED) is 0.903. The van der Waals surface area contributed by atoms with Gasteiger partial charge in [-0.05, 0) is 37.1 Å². The first-order chi connectivity index (χ1) is 10.3. The lowest BCUT2D eigenvalue weighted by molar-refractivity contribution is -0.137. The SMILES string of the molecule is CNC1CCc2c(OCC(=O)N3CCOCC3)cccc21. The van der Waals surface area contributed by atoms with Gasteiger partial charge in [0, 0.05) is 19.1 Å². The van der Waals surface area contributed by atoms with E-state index < -0.39 is 0 Å². The molecule has 1 heterocycles. The molecule has 1 N–H and O–H groups in total. The molecule has 0 saturated carbocycles. The van der Waals surface area contributed by atoms with Crippen molar-refractivity contribution in [2.45, 2.75) is 18.9 Å². The smallest absolute Gasteiger partial charge is 0.260 e. The second-order valence-corrected chi connectivity index (χ2v) is 5.49. The van der Waals surface area contributed by atoms with Gasteiger partial charge in [0.1, 0.15) is 5.75 Å². The summed E-state index contributed by atoms with van der Waals surface area (Å²) in [5.41, 5.74) is 2.54. The van der Waals surface area contributed by atoms with Crippen LogP contribution in [0.1, 0.15) is 23.6 Å². The number of amides is 1. The Bertz CT molecular complexity index is 512. The highest BCUT2D eigenvalue weighted by Crippen LogP contribution is 2.36. The minimum absolute atomic E-state index is 0.0408. The molecule has 3 rings (SSSR count). The maximum Gasteiger partial charge on any atom is 0.260 e. The van der Waals surface area contributed by atoms with Crippen LogP contribution in [0.15, 0.2) is 18.2 Å². The Morgan fingerprint density at radius 3 is 3.00 bits per heavy atom. The number of rotatable bonds is 4. The van der Waals surface area contributed by atoms with E-state index in [9.17, 15) is 4.79 Å². The minimum Gasteiger partial charge on any atom is -0.483 e. The average molecular weight is 290 g/mol. The van der Waals surface area contributed by atoms with Crippen LogP contribution in [0.4, 0.5) is 0 Å². The van der Waals surface area contributed by atoms with Crippen LogP contribution in [0.25, 0.3) is 0 Å². The largest absolute Gasteiger partial charge is 0.483 e. The molecule has 1 fully saturated rings. The van der Waals surface area contributed by atoms with Crippen molar-refractivity contribution >= 4 is 5.91 Å². The predicted molar refractivity (Wildman–Crippen MR) is 79.5 cm³/mol. The van der Waals surface area contributed by atoms with Crippen LogP contribution >= 0.6 is 0 Å². The predicted octanol–water partition coefficient (Wildman–Crippen LogP) is 1.13. The van der Waals surface area contributed by atoms with Crippen LogP contribution in [0.5, 0.6) is 5.75 Å². The third-order valence-electron chi connectivity index (χ3n) is 4.29. The lowest BCUT2D eigenvalue weighted by atomic mass is 10.1. The summed E-state index contributed by atoms with van der Waals surface area (Å²) in [5, 5.41) is 3.32. The zero-order valence-electron chi connectivity index (χ0n) is 12.4. The molecule has 1 aliphatic carbocycles. The number of carbonyl (C=O) groups excluding carboxylic acids is 1. The summed E-state index contributed by atoms with van der Waals surface area (Å²) in [6.07, 6.45) is 2.09. The van der Waals surface area contributed by atoms with Crippen LogP contribution < -0.4 is 10.1 Å². The molecular formula is C16H22N2O3. The van der Waals surface area contributed by atoms with E-state index in [4.69, 9.17) is 9.47 Å². The van der Waals surface area contributed by atoms with Gasteiger partial charge in [-0.3, -0.25) is 4.79 Å². The number of hydrogen-bond donors (Lipinski definition) is 1. The van der Waals surface area contributed by atoms with Crippen LogP contribution in [-0.4, -0.2) is 50.8 Å². The summed E-state index contributed by atoms with van der Waals surface area (Å²) in [5.74, 6) is 0.894. The molecule has 0 radical (unpaired) electrons. The van der Waals surface area contributed by atoms with Crippen LogP contribution in [0.2, 0.25) is 0 Å². The highest BCUT2D eigenvalue weighted by Gasteiger charge is 2.24. The molecule has 0 bridgehead atoms. The van der Waals surface area contributed by atoms with Gasteiger partial charge in [-0.2, -0.15) is 0 Å². The van der Waals surface area contributed by atoms with Crippen LogP contribution in [0, 0.1) is 0 Å². The number of nitrogens with zero attached hydrogens (tertiary/aromatic N) is 1. The molecule has 1 unspecified atom stereocenters.